The normalized spacial score (nSPS) is 23.0. The van der Waals surface area contributed by atoms with E-state index >= 15 is 0 Å². The maximum Gasteiger partial charge on any atom is 0.131 e. The van der Waals surface area contributed by atoms with E-state index in [0.717, 1.165) is 31.7 Å². The third-order valence-electron chi connectivity index (χ3n) is 4.44. The SMILES string of the molecule is Oc1ccc([C@H](C2CCC2)N2CCNCC2)c(F)c1. The van der Waals surface area contributed by atoms with Gasteiger partial charge < -0.3 is 10.4 Å². The molecule has 2 aliphatic rings. The Kier molecular flexibility index (Phi) is 3.71. The van der Waals surface area contributed by atoms with Gasteiger partial charge in [-0.15, -0.1) is 0 Å². The molecule has 0 unspecified atom stereocenters. The fraction of sp³-hybridized carbons (Fsp3) is 0.600. The quantitative estimate of drug-likeness (QED) is 0.879. The summed E-state index contributed by atoms with van der Waals surface area (Å²) in [6.45, 7) is 3.90. The van der Waals surface area contributed by atoms with Gasteiger partial charge in [0.15, 0.2) is 0 Å². The van der Waals surface area contributed by atoms with Crippen molar-refractivity contribution in [3.05, 3.63) is 29.6 Å². The molecule has 0 bridgehead atoms. The Morgan fingerprint density at radius 1 is 1.26 bits per heavy atom. The highest BCUT2D eigenvalue weighted by atomic mass is 19.1. The van der Waals surface area contributed by atoms with Crippen LogP contribution in [-0.4, -0.2) is 36.2 Å². The van der Waals surface area contributed by atoms with Crippen LogP contribution in [0, 0.1) is 11.7 Å². The number of hydrogen-bond acceptors (Lipinski definition) is 3. The van der Waals surface area contributed by atoms with Crippen LogP contribution in [0.25, 0.3) is 0 Å². The fourth-order valence-corrected chi connectivity index (χ4v) is 3.22. The molecule has 1 saturated heterocycles. The standard InChI is InChI=1S/C15H21FN2O/c16-14-10-12(19)4-5-13(14)15(11-2-1-3-11)18-8-6-17-7-9-18/h4-5,10-11,15,17,19H,1-3,6-9H2/t15-/m0/s1. The Morgan fingerprint density at radius 2 is 2.00 bits per heavy atom. The van der Waals surface area contributed by atoms with Crippen LogP contribution in [-0.2, 0) is 0 Å². The highest BCUT2D eigenvalue weighted by Crippen LogP contribution is 2.42. The van der Waals surface area contributed by atoms with E-state index < -0.39 is 0 Å². The number of piperazine rings is 1. The molecule has 1 atom stereocenters. The summed E-state index contributed by atoms with van der Waals surface area (Å²) in [6, 6.07) is 4.78. The van der Waals surface area contributed by atoms with Gasteiger partial charge in [-0.25, -0.2) is 4.39 Å². The summed E-state index contributed by atoms with van der Waals surface area (Å²) in [5, 5.41) is 12.7. The van der Waals surface area contributed by atoms with Crippen molar-refractivity contribution in [1.82, 2.24) is 10.2 Å². The minimum Gasteiger partial charge on any atom is -0.508 e. The summed E-state index contributed by atoms with van der Waals surface area (Å²) in [7, 11) is 0. The molecule has 1 aromatic carbocycles. The van der Waals surface area contributed by atoms with Crippen molar-refractivity contribution in [2.45, 2.75) is 25.3 Å². The summed E-state index contributed by atoms with van der Waals surface area (Å²) in [6.07, 6.45) is 3.64. The topological polar surface area (TPSA) is 35.5 Å². The third kappa shape index (κ3) is 2.60. The molecule has 1 saturated carbocycles. The number of nitrogens with one attached hydrogen (secondary N) is 1. The van der Waals surface area contributed by atoms with Crippen LogP contribution in [0.15, 0.2) is 18.2 Å². The van der Waals surface area contributed by atoms with Crippen molar-refractivity contribution in [2.24, 2.45) is 5.92 Å². The number of nitrogens with zero attached hydrogens (tertiary/aromatic N) is 1. The molecule has 19 heavy (non-hydrogen) atoms. The van der Waals surface area contributed by atoms with E-state index in [1.807, 2.05) is 0 Å². The van der Waals surface area contributed by atoms with E-state index in [9.17, 15) is 9.50 Å². The van der Waals surface area contributed by atoms with Crippen molar-refractivity contribution < 1.29 is 9.50 Å². The van der Waals surface area contributed by atoms with E-state index in [2.05, 4.69) is 10.2 Å². The fourth-order valence-electron chi connectivity index (χ4n) is 3.22. The van der Waals surface area contributed by atoms with Gasteiger partial charge >= 0.3 is 0 Å². The molecule has 1 aliphatic heterocycles. The molecule has 1 aromatic rings. The first-order chi connectivity index (χ1) is 9.25. The van der Waals surface area contributed by atoms with Crippen LogP contribution >= 0.6 is 0 Å². The molecule has 3 rings (SSSR count). The second kappa shape index (κ2) is 5.47. The second-order valence-electron chi connectivity index (χ2n) is 5.63. The van der Waals surface area contributed by atoms with Gasteiger partial charge in [-0.1, -0.05) is 12.5 Å². The monoisotopic (exact) mass is 264 g/mol. The molecule has 104 valence electrons. The summed E-state index contributed by atoms with van der Waals surface area (Å²) >= 11 is 0. The Labute approximate surface area is 113 Å². The van der Waals surface area contributed by atoms with Gasteiger partial charge in [0.2, 0.25) is 0 Å². The molecule has 0 radical (unpaired) electrons. The lowest BCUT2D eigenvalue weighted by molar-refractivity contribution is 0.0811. The number of phenols is 1. The first kappa shape index (κ1) is 12.9. The van der Waals surface area contributed by atoms with Crippen LogP contribution in [0.5, 0.6) is 5.75 Å². The van der Waals surface area contributed by atoms with Crippen molar-refractivity contribution in [3.63, 3.8) is 0 Å². The third-order valence-corrected chi connectivity index (χ3v) is 4.44. The number of benzene rings is 1. The maximum absolute atomic E-state index is 14.2. The number of aromatic hydroxyl groups is 1. The summed E-state index contributed by atoms with van der Waals surface area (Å²) in [5.41, 5.74) is 0.754. The number of rotatable bonds is 3. The molecule has 1 aliphatic carbocycles. The molecule has 3 nitrogen and oxygen atoms in total. The van der Waals surface area contributed by atoms with Gasteiger partial charge in [0, 0.05) is 43.9 Å². The highest BCUT2D eigenvalue weighted by Gasteiger charge is 2.34. The Hall–Kier alpha value is -1.13. The van der Waals surface area contributed by atoms with Crippen LogP contribution < -0.4 is 5.32 Å². The van der Waals surface area contributed by atoms with Crippen LogP contribution in [0.1, 0.15) is 30.9 Å². The van der Waals surface area contributed by atoms with Crippen molar-refractivity contribution in [3.8, 4) is 5.75 Å². The summed E-state index contributed by atoms with van der Waals surface area (Å²) in [5.74, 6) is 0.307. The predicted octanol–water partition coefficient (Wildman–Crippen LogP) is 2.28. The molecule has 0 aromatic heterocycles. The molecule has 0 spiro atoms. The van der Waals surface area contributed by atoms with E-state index in [4.69, 9.17) is 0 Å². The number of hydrogen-bond donors (Lipinski definition) is 2. The minimum absolute atomic E-state index is 0.00826. The van der Waals surface area contributed by atoms with Crippen LogP contribution in [0.4, 0.5) is 4.39 Å². The maximum atomic E-state index is 14.2. The average Bonchev–Trinajstić information content (AvgIpc) is 2.35. The van der Waals surface area contributed by atoms with Gasteiger partial charge in [0.05, 0.1) is 0 Å². The van der Waals surface area contributed by atoms with Crippen molar-refractivity contribution >= 4 is 0 Å². The zero-order chi connectivity index (χ0) is 13.2. The van der Waals surface area contributed by atoms with Crippen LogP contribution in [0.2, 0.25) is 0 Å². The molecule has 4 heteroatoms. The smallest absolute Gasteiger partial charge is 0.131 e. The van der Waals surface area contributed by atoms with E-state index in [-0.39, 0.29) is 17.6 Å². The first-order valence-corrected chi connectivity index (χ1v) is 7.19. The van der Waals surface area contributed by atoms with E-state index in [1.165, 1.54) is 25.3 Å². The number of phenolic OH excluding ortho intramolecular Hbond substituents is 1. The van der Waals surface area contributed by atoms with Gasteiger partial charge in [0.1, 0.15) is 11.6 Å². The average molecular weight is 264 g/mol. The zero-order valence-corrected chi connectivity index (χ0v) is 11.1. The lowest BCUT2D eigenvalue weighted by atomic mass is 9.76. The van der Waals surface area contributed by atoms with Crippen molar-refractivity contribution in [2.75, 3.05) is 26.2 Å². The molecular formula is C15H21FN2O. The van der Waals surface area contributed by atoms with E-state index in [1.54, 1.807) is 12.1 Å². The largest absolute Gasteiger partial charge is 0.508 e. The van der Waals surface area contributed by atoms with Gasteiger partial charge in [-0.2, -0.15) is 0 Å². The Morgan fingerprint density at radius 3 is 2.58 bits per heavy atom. The van der Waals surface area contributed by atoms with Gasteiger partial charge in [-0.05, 0) is 24.8 Å². The minimum atomic E-state index is -0.268. The predicted molar refractivity (Wildman–Crippen MR) is 72.6 cm³/mol. The van der Waals surface area contributed by atoms with E-state index in [0.29, 0.717) is 5.92 Å². The number of halogens is 1. The molecule has 0 amide bonds. The molecule has 1 heterocycles. The van der Waals surface area contributed by atoms with Gasteiger partial charge in [0.25, 0.3) is 0 Å². The zero-order valence-electron chi connectivity index (χ0n) is 11.1. The lowest BCUT2D eigenvalue weighted by Gasteiger charge is -2.43. The molecule has 2 N–H and O–H groups in total. The van der Waals surface area contributed by atoms with Crippen LogP contribution in [0.3, 0.4) is 0 Å². The summed E-state index contributed by atoms with van der Waals surface area (Å²) < 4.78 is 14.2. The Balaban J connectivity index is 1.88. The second-order valence-corrected chi connectivity index (χ2v) is 5.63. The first-order valence-electron chi connectivity index (χ1n) is 7.19. The lowest BCUT2D eigenvalue weighted by Crippen LogP contribution is -2.48. The summed E-state index contributed by atoms with van der Waals surface area (Å²) in [4.78, 5) is 2.40. The molecular weight excluding hydrogens is 243 g/mol. The highest BCUT2D eigenvalue weighted by molar-refractivity contribution is 5.30. The van der Waals surface area contributed by atoms with Crippen molar-refractivity contribution in [1.29, 1.82) is 0 Å². The van der Waals surface area contributed by atoms with Gasteiger partial charge in [-0.3, -0.25) is 4.90 Å². The Bertz CT molecular complexity index is 442. The molecule has 2 fully saturated rings.